The molecule has 0 atom stereocenters. The van der Waals surface area contributed by atoms with Gasteiger partial charge in [-0.1, -0.05) is 24.8 Å². The minimum Gasteiger partial charge on any atom is -0.398 e. The zero-order chi connectivity index (χ0) is 11.5. The van der Waals surface area contributed by atoms with Crippen molar-refractivity contribution < 1.29 is 0 Å². The molecule has 0 amide bonds. The van der Waals surface area contributed by atoms with Gasteiger partial charge in [0.15, 0.2) is 4.34 Å². The van der Waals surface area contributed by atoms with E-state index in [1.165, 1.54) is 17.1 Å². The third kappa shape index (κ3) is 2.54. The first-order valence-corrected chi connectivity index (χ1v) is 6.64. The monoisotopic (exact) mass is 251 g/mol. The predicted octanol–water partition coefficient (Wildman–Crippen LogP) is 3.14. The molecule has 1 heterocycles. The van der Waals surface area contributed by atoms with Gasteiger partial charge in [0, 0.05) is 17.0 Å². The summed E-state index contributed by atoms with van der Waals surface area (Å²) in [6, 6.07) is 6.06. The van der Waals surface area contributed by atoms with Gasteiger partial charge in [-0.2, -0.15) is 4.37 Å². The van der Waals surface area contributed by atoms with Crippen molar-refractivity contribution in [3.63, 3.8) is 0 Å². The van der Waals surface area contributed by atoms with Gasteiger partial charge in [-0.25, -0.2) is 4.98 Å². The molecule has 2 aromatic rings. The molecule has 0 unspecified atom stereocenters. The fourth-order valence-corrected chi connectivity index (χ4v) is 2.96. The van der Waals surface area contributed by atoms with E-state index in [0.29, 0.717) is 0 Å². The van der Waals surface area contributed by atoms with E-state index in [4.69, 9.17) is 5.73 Å². The highest BCUT2D eigenvalue weighted by Gasteiger charge is 2.07. The minimum absolute atomic E-state index is 0.804. The van der Waals surface area contributed by atoms with Gasteiger partial charge >= 0.3 is 0 Å². The molecule has 0 saturated heterocycles. The summed E-state index contributed by atoms with van der Waals surface area (Å²) in [5.74, 6) is 0.901. The number of nitrogens with two attached hydrogens (primary N) is 1. The number of hydrogen-bond acceptors (Lipinski definition) is 5. The van der Waals surface area contributed by atoms with Crippen LogP contribution in [0.5, 0.6) is 0 Å². The maximum Gasteiger partial charge on any atom is 0.174 e. The molecule has 5 heteroatoms. The van der Waals surface area contributed by atoms with Crippen LogP contribution in [-0.2, 0) is 6.42 Å². The maximum atomic E-state index is 5.94. The van der Waals surface area contributed by atoms with Crippen molar-refractivity contribution in [2.45, 2.75) is 29.5 Å². The highest BCUT2D eigenvalue weighted by Crippen LogP contribution is 2.33. The Morgan fingerprint density at radius 3 is 2.88 bits per heavy atom. The average molecular weight is 251 g/mol. The van der Waals surface area contributed by atoms with Crippen LogP contribution in [0.2, 0.25) is 0 Å². The Morgan fingerprint density at radius 1 is 1.44 bits per heavy atom. The highest BCUT2D eigenvalue weighted by molar-refractivity contribution is 8.01. The van der Waals surface area contributed by atoms with Crippen molar-refractivity contribution in [2.75, 3.05) is 5.73 Å². The fraction of sp³-hybridized carbons (Fsp3) is 0.273. The van der Waals surface area contributed by atoms with Crippen LogP contribution in [0.25, 0.3) is 0 Å². The average Bonchev–Trinajstić information content (AvgIpc) is 2.70. The standard InChI is InChI=1S/C11H13N3S2/c1-3-10-13-11(16-14-10)15-9-5-4-7(2)6-8(9)12/h4-6H,3,12H2,1-2H3. The molecule has 0 fully saturated rings. The number of aryl methyl sites for hydroxylation is 2. The summed E-state index contributed by atoms with van der Waals surface area (Å²) in [5, 5.41) is 0. The van der Waals surface area contributed by atoms with E-state index < -0.39 is 0 Å². The lowest BCUT2D eigenvalue weighted by Crippen LogP contribution is -1.89. The molecule has 2 rings (SSSR count). The van der Waals surface area contributed by atoms with Crippen molar-refractivity contribution in [3.8, 4) is 0 Å². The normalized spacial score (nSPS) is 10.6. The molecule has 16 heavy (non-hydrogen) atoms. The van der Waals surface area contributed by atoms with E-state index in [1.54, 1.807) is 11.8 Å². The first kappa shape index (κ1) is 11.4. The summed E-state index contributed by atoms with van der Waals surface area (Å²) in [4.78, 5) is 5.45. The van der Waals surface area contributed by atoms with Gasteiger partial charge in [0.05, 0.1) is 0 Å². The number of benzene rings is 1. The van der Waals surface area contributed by atoms with E-state index >= 15 is 0 Å². The number of hydrogen-bond donors (Lipinski definition) is 1. The van der Waals surface area contributed by atoms with Gasteiger partial charge in [0.25, 0.3) is 0 Å². The summed E-state index contributed by atoms with van der Waals surface area (Å²) in [6.45, 7) is 4.09. The van der Waals surface area contributed by atoms with Crippen LogP contribution in [0.4, 0.5) is 5.69 Å². The topological polar surface area (TPSA) is 51.8 Å². The van der Waals surface area contributed by atoms with E-state index in [0.717, 1.165) is 27.2 Å². The second kappa shape index (κ2) is 4.84. The molecular formula is C11H13N3S2. The zero-order valence-electron chi connectivity index (χ0n) is 9.23. The van der Waals surface area contributed by atoms with Crippen LogP contribution >= 0.6 is 23.3 Å². The smallest absolute Gasteiger partial charge is 0.174 e. The number of nitrogens with zero attached hydrogens (tertiary/aromatic N) is 2. The number of anilines is 1. The minimum atomic E-state index is 0.804. The van der Waals surface area contributed by atoms with Crippen LogP contribution in [0, 0.1) is 6.92 Å². The lowest BCUT2D eigenvalue weighted by atomic mass is 10.2. The quantitative estimate of drug-likeness (QED) is 0.851. The molecule has 84 valence electrons. The van der Waals surface area contributed by atoms with Crippen molar-refractivity contribution in [2.24, 2.45) is 0 Å². The van der Waals surface area contributed by atoms with Gasteiger partial charge < -0.3 is 5.73 Å². The summed E-state index contributed by atoms with van der Waals surface area (Å²) in [7, 11) is 0. The van der Waals surface area contributed by atoms with E-state index in [1.807, 2.05) is 19.1 Å². The van der Waals surface area contributed by atoms with E-state index in [9.17, 15) is 0 Å². The Hall–Kier alpha value is -1.07. The second-order valence-corrected chi connectivity index (χ2v) is 5.51. The highest BCUT2D eigenvalue weighted by atomic mass is 32.2. The lowest BCUT2D eigenvalue weighted by Gasteiger charge is -2.03. The first-order valence-electron chi connectivity index (χ1n) is 5.05. The van der Waals surface area contributed by atoms with Crippen molar-refractivity contribution in [1.82, 2.24) is 9.36 Å². The van der Waals surface area contributed by atoms with Crippen LogP contribution in [0.3, 0.4) is 0 Å². The Balaban J connectivity index is 2.20. The summed E-state index contributed by atoms with van der Waals surface area (Å²) >= 11 is 3.01. The molecular weight excluding hydrogens is 238 g/mol. The van der Waals surface area contributed by atoms with Crippen LogP contribution in [-0.4, -0.2) is 9.36 Å². The predicted molar refractivity (Wildman–Crippen MR) is 69.0 cm³/mol. The van der Waals surface area contributed by atoms with Gasteiger partial charge in [-0.15, -0.1) is 0 Å². The first-order chi connectivity index (χ1) is 7.69. The fourth-order valence-electron chi connectivity index (χ4n) is 1.28. The molecule has 1 aromatic heterocycles. The summed E-state index contributed by atoms with van der Waals surface area (Å²) in [5.41, 5.74) is 7.92. The van der Waals surface area contributed by atoms with Crippen molar-refractivity contribution >= 4 is 29.0 Å². The van der Waals surface area contributed by atoms with E-state index in [2.05, 4.69) is 22.3 Å². The van der Waals surface area contributed by atoms with Gasteiger partial charge in [0.2, 0.25) is 0 Å². The third-order valence-electron chi connectivity index (χ3n) is 2.13. The van der Waals surface area contributed by atoms with Crippen LogP contribution in [0.15, 0.2) is 27.4 Å². The zero-order valence-corrected chi connectivity index (χ0v) is 10.9. The largest absolute Gasteiger partial charge is 0.398 e. The van der Waals surface area contributed by atoms with Crippen molar-refractivity contribution in [1.29, 1.82) is 0 Å². The Kier molecular flexibility index (Phi) is 3.46. The van der Waals surface area contributed by atoms with Gasteiger partial charge in [-0.05, 0) is 36.2 Å². The molecule has 0 aliphatic rings. The van der Waals surface area contributed by atoms with Gasteiger partial charge in [-0.3, -0.25) is 0 Å². The molecule has 0 aliphatic heterocycles. The van der Waals surface area contributed by atoms with Gasteiger partial charge in [0.1, 0.15) is 5.82 Å². The summed E-state index contributed by atoms with van der Waals surface area (Å²) in [6.07, 6.45) is 0.875. The Labute approximate surface area is 103 Å². The third-order valence-corrected chi connectivity index (χ3v) is 4.01. The number of rotatable bonds is 3. The van der Waals surface area contributed by atoms with Crippen molar-refractivity contribution in [3.05, 3.63) is 29.6 Å². The molecule has 0 radical (unpaired) electrons. The number of aromatic nitrogens is 2. The Morgan fingerprint density at radius 2 is 2.25 bits per heavy atom. The molecule has 0 aliphatic carbocycles. The molecule has 0 spiro atoms. The SMILES string of the molecule is CCc1nsc(Sc2ccc(C)cc2N)n1. The maximum absolute atomic E-state index is 5.94. The van der Waals surface area contributed by atoms with Crippen LogP contribution < -0.4 is 5.73 Å². The van der Waals surface area contributed by atoms with Crippen LogP contribution in [0.1, 0.15) is 18.3 Å². The lowest BCUT2D eigenvalue weighted by molar-refractivity contribution is 0.971. The molecule has 0 saturated carbocycles. The van der Waals surface area contributed by atoms with E-state index in [-0.39, 0.29) is 0 Å². The molecule has 1 aromatic carbocycles. The molecule has 3 nitrogen and oxygen atoms in total. The molecule has 2 N–H and O–H groups in total. The Bertz CT molecular complexity index is 494. The summed E-state index contributed by atoms with van der Waals surface area (Å²) < 4.78 is 5.20. The second-order valence-electron chi connectivity index (χ2n) is 3.47. The number of nitrogen functional groups attached to an aromatic ring is 1. The molecule has 0 bridgehead atoms.